The average molecular weight is 458 g/mol. The van der Waals surface area contributed by atoms with Crippen molar-refractivity contribution < 1.29 is 23.0 Å². The number of pyridine rings is 1. The van der Waals surface area contributed by atoms with Gasteiger partial charge >= 0.3 is 6.18 Å². The van der Waals surface area contributed by atoms with E-state index in [1.54, 1.807) is 18.3 Å². The second-order valence-electron chi connectivity index (χ2n) is 9.47. The van der Waals surface area contributed by atoms with E-state index in [0.29, 0.717) is 28.5 Å². The number of hydrogen-bond donors (Lipinski definition) is 1. The van der Waals surface area contributed by atoms with Crippen LogP contribution in [0.15, 0.2) is 36.5 Å². The van der Waals surface area contributed by atoms with Crippen LogP contribution in [-0.4, -0.2) is 45.6 Å². The Morgan fingerprint density at radius 1 is 1.06 bits per heavy atom. The van der Waals surface area contributed by atoms with Crippen molar-refractivity contribution in [2.24, 2.45) is 5.41 Å². The number of anilines is 1. The zero-order valence-electron chi connectivity index (χ0n) is 18.5. The molecule has 1 N–H and O–H groups in total. The second kappa shape index (κ2) is 7.55. The molecular weight excluding hydrogens is 433 g/mol. The Balaban J connectivity index is 1.50. The van der Waals surface area contributed by atoms with Crippen molar-refractivity contribution >= 4 is 16.7 Å². The molecule has 1 spiro atoms. The molecule has 0 saturated carbocycles. The Bertz CT molecular complexity index is 1200. The van der Waals surface area contributed by atoms with E-state index in [-0.39, 0.29) is 16.6 Å². The fourth-order valence-corrected chi connectivity index (χ4v) is 5.12. The molecule has 1 aromatic carbocycles. The van der Waals surface area contributed by atoms with E-state index in [9.17, 15) is 18.3 Å². The standard InChI is InChI=1S/C24H25F3N4O2/c1-22(2)9-13-33-23(22)7-11-31(12-8-23)21-20-17(4-3-10-28-20)19(29-30-21)16-6-5-15(14-18(16)32)24(25,26)27/h3-6,10,14,32H,7-9,11-13H2,1-2H3. The van der Waals surface area contributed by atoms with Gasteiger partial charge in [0.1, 0.15) is 17.0 Å². The molecule has 0 radical (unpaired) electrons. The Morgan fingerprint density at radius 3 is 2.45 bits per heavy atom. The van der Waals surface area contributed by atoms with Crippen molar-refractivity contribution in [1.82, 2.24) is 15.2 Å². The quantitative estimate of drug-likeness (QED) is 0.569. The number of halogens is 3. The molecule has 9 heteroatoms. The van der Waals surface area contributed by atoms with E-state index in [4.69, 9.17) is 4.74 Å². The van der Waals surface area contributed by atoms with Crippen LogP contribution in [0.1, 0.15) is 38.7 Å². The van der Waals surface area contributed by atoms with Gasteiger partial charge in [0, 0.05) is 36.8 Å². The first-order chi connectivity index (χ1) is 15.6. The highest BCUT2D eigenvalue weighted by atomic mass is 19.4. The summed E-state index contributed by atoms with van der Waals surface area (Å²) in [5.74, 6) is 0.129. The Morgan fingerprint density at radius 2 is 1.82 bits per heavy atom. The van der Waals surface area contributed by atoms with Crippen molar-refractivity contribution in [3.8, 4) is 17.0 Å². The highest BCUT2D eigenvalue weighted by Crippen LogP contribution is 2.49. The predicted molar refractivity (Wildman–Crippen MR) is 118 cm³/mol. The Kier molecular flexibility index (Phi) is 5.00. The minimum Gasteiger partial charge on any atom is -0.507 e. The number of fused-ring (bicyclic) bond motifs is 1. The number of alkyl halides is 3. The highest BCUT2D eigenvalue weighted by molar-refractivity contribution is 5.98. The van der Waals surface area contributed by atoms with Crippen LogP contribution in [0, 0.1) is 5.41 Å². The molecule has 5 rings (SSSR count). The third-order valence-corrected chi connectivity index (χ3v) is 7.31. The second-order valence-corrected chi connectivity index (χ2v) is 9.47. The number of phenols is 1. The van der Waals surface area contributed by atoms with Gasteiger partial charge in [0.15, 0.2) is 5.82 Å². The molecule has 4 heterocycles. The summed E-state index contributed by atoms with van der Waals surface area (Å²) in [5, 5.41) is 19.7. The lowest BCUT2D eigenvalue weighted by Crippen LogP contribution is -2.51. The number of piperidine rings is 1. The van der Waals surface area contributed by atoms with Crippen molar-refractivity contribution in [3.05, 3.63) is 42.1 Å². The van der Waals surface area contributed by atoms with Gasteiger partial charge in [-0.2, -0.15) is 13.2 Å². The van der Waals surface area contributed by atoms with Crippen LogP contribution in [0.4, 0.5) is 19.0 Å². The first-order valence-electron chi connectivity index (χ1n) is 11.0. The fourth-order valence-electron chi connectivity index (χ4n) is 5.12. The maximum atomic E-state index is 13.0. The van der Waals surface area contributed by atoms with E-state index >= 15 is 0 Å². The Hall–Kier alpha value is -2.94. The SMILES string of the molecule is CC1(C)CCOC12CCN(c1nnc(-c3ccc(C(F)(F)F)cc3O)c3cccnc13)CC2. The van der Waals surface area contributed by atoms with Crippen LogP contribution in [0.25, 0.3) is 22.2 Å². The lowest BCUT2D eigenvalue weighted by molar-refractivity contribution is -0.137. The van der Waals surface area contributed by atoms with Gasteiger partial charge in [-0.1, -0.05) is 13.8 Å². The normalized spacial score (nSPS) is 20.0. The molecule has 2 aliphatic rings. The summed E-state index contributed by atoms with van der Waals surface area (Å²) in [7, 11) is 0. The summed E-state index contributed by atoms with van der Waals surface area (Å²) in [4.78, 5) is 6.65. The summed E-state index contributed by atoms with van der Waals surface area (Å²) >= 11 is 0. The number of aromatic nitrogens is 3. The summed E-state index contributed by atoms with van der Waals surface area (Å²) in [5.41, 5.74) is 0.140. The molecular formula is C24H25F3N4O2. The van der Waals surface area contributed by atoms with Crippen LogP contribution < -0.4 is 4.90 Å². The van der Waals surface area contributed by atoms with Gasteiger partial charge in [-0.05, 0) is 55.0 Å². The van der Waals surface area contributed by atoms with Crippen molar-refractivity contribution in [2.75, 3.05) is 24.6 Å². The summed E-state index contributed by atoms with van der Waals surface area (Å²) in [6, 6.07) is 6.39. The first kappa shape index (κ1) is 21.9. The average Bonchev–Trinajstić information content (AvgIpc) is 3.06. The van der Waals surface area contributed by atoms with Crippen LogP contribution in [0.5, 0.6) is 5.75 Å². The van der Waals surface area contributed by atoms with Gasteiger partial charge < -0.3 is 14.7 Å². The van der Waals surface area contributed by atoms with Crippen LogP contribution in [0.3, 0.4) is 0 Å². The van der Waals surface area contributed by atoms with E-state index in [0.717, 1.165) is 45.0 Å². The summed E-state index contributed by atoms with van der Waals surface area (Å²) in [6.45, 7) is 6.79. The monoisotopic (exact) mass is 458 g/mol. The molecule has 6 nitrogen and oxygen atoms in total. The molecule has 0 atom stereocenters. The number of phenolic OH excluding ortho intramolecular Hbond substituents is 1. The smallest absolute Gasteiger partial charge is 0.416 e. The van der Waals surface area contributed by atoms with E-state index < -0.39 is 17.5 Å². The topological polar surface area (TPSA) is 71.4 Å². The maximum absolute atomic E-state index is 13.0. The molecule has 2 aliphatic heterocycles. The lowest BCUT2D eigenvalue weighted by atomic mass is 9.69. The molecule has 0 aliphatic carbocycles. The number of benzene rings is 1. The maximum Gasteiger partial charge on any atom is 0.416 e. The highest BCUT2D eigenvalue weighted by Gasteiger charge is 2.51. The molecule has 0 amide bonds. The third kappa shape index (κ3) is 3.58. The van der Waals surface area contributed by atoms with Gasteiger partial charge in [-0.15, -0.1) is 10.2 Å². The lowest BCUT2D eigenvalue weighted by Gasteiger charge is -2.46. The van der Waals surface area contributed by atoms with Crippen molar-refractivity contribution in [3.63, 3.8) is 0 Å². The molecule has 0 bridgehead atoms. The summed E-state index contributed by atoms with van der Waals surface area (Å²) < 4.78 is 45.2. The van der Waals surface area contributed by atoms with Crippen LogP contribution in [0.2, 0.25) is 0 Å². The zero-order chi connectivity index (χ0) is 23.4. The van der Waals surface area contributed by atoms with Gasteiger partial charge in [0.25, 0.3) is 0 Å². The molecule has 2 saturated heterocycles. The predicted octanol–water partition coefficient (Wildman–Crippen LogP) is 5.20. The number of rotatable bonds is 2. The van der Waals surface area contributed by atoms with Gasteiger partial charge in [-0.3, -0.25) is 4.98 Å². The number of aromatic hydroxyl groups is 1. The minimum atomic E-state index is -4.54. The zero-order valence-corrected chi connectivity index (χ0v) is 18.5. The van der Waals surface area contributed by atoms with E-state index in [1.165, 1.54) is 6.07 Å². The Labute approximate surface area is 189 Å². The molecule has 2 fully saturated rings. The summed E-state index contributed by atoms with van der Waals surface area (Å²) in [6.07, 6.45) is -0.103. The number of nitrogens with zero attached hydrogens (tertiary/aromatic N) is 4. The molecule has 33 heavy (non-hydrogen) atoms. The largest absolute Gasteiger partial charge is 0.507 e. The molecule has 174 valence electrons. The minimum absolute atomic E-state index is 0.120. The third-order valence-electron chi connectivity index (χ3n) is 7.31. The van der Waals surface area contributed by atoms with Crippen molar-refractivity contribution in [2.45, 2.75) is 44.9 Å². The van der Waals surface area contributed by atoms with Gasteiger partial charge in [0.2, 0.25) is 0 Å². The van der Waals surface area contributed by atoms with Gasteiger partial charge in [0.05, 0.1) is 11.2 Å². The fraction of sp³-hybridized carbons (Fsp3) is 0.458. The van der Waals surface area contributed by atoms with Crippen LogP contribution >= 0.6 is 0 Å². The van der Waals surface area contributed by atoms with Crippen LogP contribution in [-0.2, 0) is 10.9 Å². The molecule has 2 aromatic heterocycles. The van der Waals surface area contributed by atoms with E-state index in [1.807, 2.05) is 0 Å². The van der Waals surface area contributed by atoms with Crippen molar-refractivity contribution in [1.29, 1.82) is 0 Å². The van der Waals surface area contributed by atoms with E-state index in [2.05, 4.69) is 33.9 Å². The molecule has 3 aromatic rings. The number of ether oxygens (including phenoxy) is 1. The number of hydrogen-bond acceptors (Lipinski definition) is 6. The van der Waals surface area contributed by atoms with Gasteiger partial charge in [-0.25, -0.2) is 0 Å². The molecule has 0 unspecified atom stereocenters. The first-order valence-corrected chi connectivity index (χ1v) is 11.0.